The summed E-state index contributed by atoms with van der Waals surface area (Å²) in [5.74, 6) is -0.105. The molecule has 1 fully saturated rings. The standard InChI is InChI=1S/C20H21N3O4/c1-2-27-17-9-7-16(8-10-17)23-13-15(11-19(23)25)20(26)22-21-12-14-5-3-4-6-18(14)24/h3-10,12,15,24H,2,11,13H2,1H3,(H,22,26)/b21-12-/t15-/m0/s1. The Bertz CT molecular complexity index is 849. The van der Waals surface area contributed by atoms with E-state index in [1.54, 1.807) is 47.4 Å². The van der Waals surface area contributed by atoms with Gasteiger partial charge in [-0.3, -0.25) is 9.59 Å². The molecule has 1 saturated heterocycles. The van der Waals surface area contributed by atoms with Gasteiger partial charge in [0.05, 0.1) is 18.7 Å². The van der Waals surface area contributed by atoms with Crippen molar-refractivity contribution in [3.63, 3.8) is 0 Å². The third-order valence-corrected chi connectivity index (χ3v) is 4.27. The number of hydrogen-bond donors (Lipinski definition) is 2. The molecule has 1 atom stereocenters. The third kappa shape index (κ3) is 4.44. The molecule has 7 heteroatoms. The molecule has 7 nitrogen and oxygen atoms in total. The molecule has 3 rings (SSSR count). The van der Waals surface area contributed by atoms with Crippen molar-refractivity contribution in [3.8, 4) is 11.5 Å². The first-order valence-electron chi connectivity index (χ1n) is 8.72. The number of carbonyl (C=O) groups is 2. The van der Waals surface area contributed by atoms with Crippen LogP contribution >= 0.6 is 0 Å². The summed E-state index contributed by atoms with van der Waals surface area (Å²) < 4.78 is 5.40. The number of ether oxygens (including phenoxy) is 1. The van der Waals surface area contributed by atoms with Gasteiger partial charge in [0, 0.05) is 24.2 Å². The number of nitrogens with one attached hydrogen (secondary N) is 1. The SMILES string of the molecule is CCOc1ccc(N2C[C@@H](C(=O)N/N=C\c3ccccc3O)CC2=O)cc1. The van der Waals surface area contributed by atoms with Gasteiger partial charge < -0.3 is 14.7 Å². The summed E-state index contributed by atoms with van der Waals surface area (Å²) in [4.78, 5) is 26.2. The van der Waals surface area contributed by atoms with E-state index in [0.717, 1.165) is 11.4 Å². The highest BCUT2D eigenvalue weighted by Crippen LogP contribution is 2.27. The van der Waals surface area contributed by atoms with Gasteiger partial charge in [-0.1, -0.05) is 12.1 Å². The van der Waals surface area contributed by atoms with Crippen LogP contribution in [0.15, 0.2) is 53.6 Å². The van der Waals surface area contributed by atoms with Gasteiger partial charge in [-0.25, -0.2) is 5.43 Å². The molecule has 2 amide bonds. The number of nitrogens with zero attached hydrogens (tertiary/aromatic N) is 2. The molecule has 0 unspecified atom stereocenters. The largest absolute Gasteiger partial charge is 0.507 e. The minimum absolute atomic E-state index is 0.0771. The van der Waals surface area contributed by atoms with Crippen LogP contribution in [0.1, 0.15) is 18.9 Å². The van der Waals surface area contributed by atoms with Crippen LogP contribution in [0.2, 0.25) is 0 Å². The van der Waals surface area contributed by atoms with Crippen LogP contribution < -0.4 is 15.1 Å². The molecule has 2 aromatic rings. The van der Waals surface area contributed by atoms with Gasteiger partial charge in [0.25, 0.3) is 0 Å². The molecule has 27 heavy (non-hydrogen) atoms. The van der Waals surface area contributed by atoms with Gasteiger partial charge in [-0.2, -0.15) is 5.10 Å². The topological polar surface area (TPSA) is 91.2 Å². The van der Waals surface area contributed by atoms with Crippen molar-refractivity contribution in [2.45, 2.75) is 13.3 Å². The number of anilines is 1. The van der Waals surface area contributed by atoms with Gasteiger partial charge in [-0.15, -0.1) is 0 Å². The summed E-state index contributed by atoms with van der Waals surface area (Å²) >= 11 is 0. The molecule has 2 N–H and O–H groups in total. The van der Waals surface area contributed by atoms with Crippen molar-refractivity contribution in [1.82, 2.24) is 5.43 Å². The number of phenols is 1. The van der Waals surface area contributed by atoms with Gasteiger partial charge in [0.15, 0.2) is 0 Å². The summed E-state index contributed by atoms with van der Waals surface area (Å²) in [5.41, 5.74) is 3.67. The van der Waals surface area contributed by atoms with Crippen molar-refractivity contribution >= 4 is 23.7 Å². The summed E-state index contributed by atoms with van der Waals surface area (Å²) in [6, 6.07) is 13.9. The first-order valence-corrected chi connectivity index (χ1v) is 8.72. The Morgan fingerprint density at radius 3 is 2.74 bits per heavy atom. The van der Waals surface area contributed by atoms with E-state index in [-0.39, 0.29) is 24.0 Å². The smallest absolute Gasteiger partial charge is 0.245 e. The molecule has 0 spiro atoms. The average Bonchev–Trinajstić information content (AvgIpc) is 3.06. The first kappa shape index (κ1) is 18.4. The Hall–Kier alpha value is -3.35. The fourth-order valence-corrected chi connectivity index (χ4v) is 2.88. The third-order valence-electron chi connectivity index (χ3n) is 4.27. The molecular formula is C20H21N3O4. The van der Waals surface area contributed by atoms with E-state index in [0.29, 0.717) is 18.7 Å². The number of amides is 2. The molecule has 0 saturated carbocycles. The van der Waals surface area contributed by atoms with E-state index in [9.17, 15) is 14.7 Å². The van der Waals surface area contributed by atoms with E-state index in [1.165, 1.54) is 12.3 Å². The van der Waals surface area contributed by atoms with Gasteiger partial charge in [0.1, 0.15) is 11.5 Å². The second-order valence-electron chi connectivity index (χ2n) is 6.13. The Kier molecular flexibility index (Phi) is 5.71. The monoisotopic (exact) mass is 367 g/mol. The number of aromatic hydroxyl groups is 1. The summed E-state index contributed by atoms with van der Waals surface area (Å²) in [5, 5.41) is 13.5. The number of hydrogen-bond acceptors (Lipinski definition) is 5. The number of rotatable bonds is 6. The molecule has 1 aliphatic rings. The highest BCUT2D eigenvalue weighted by Gasteiger charge is 2.35. The molecule has 1 aliphatic heterocycles. The molecule has 2 aromatic carbocycles. The zero-order chi connectivity index (χ0) is 19.2. The molecule has 0 radical (unpaired) electrons. The zero-order valence-corrected chi connectivity index (χ0v) is 15.0. The number of carbonyl (C=O) groups excluding carboxylic acids is 2. The highest BCUT2D eigenvalue weighted by atomic mass is 16.5. The van der Waals surface area contributed by atoms with Crippen molar-refractivity contribution in [3.05, 3.63) is 54.1 Å². The first-order chi connectivity index (χ1) is 13.1. The van der Waals surface area contributed by atoms with Crippen LogP contribution in [0.4, 0.5) is 5.69 Å². The average molecular weight is 367 g/mol. The second kappa shape index (κ2) is 8.35. The van der Waals surface area contributed by atoms with Crippen LogP contribution in [-0.2, 0) is 9.59 Å². The lowest BCUT2D eigenvalue weighted by atomic mass is 10.1. The van der Waals surface area contributed by atoms with Crippen molar-refractivity contribution in [2.24, 2.45) is 11.0 Å². The van der Waals surface area contributed by atoms with Crippen molar-refractivity contribution in [2.75, 3.05) is 18.1 Å². The fourth-order valence-electron chi connectivity index (χ4n) is 2.88. The maximum Gasteiger partial charge on any atom is 0.245 e. The van der Waals surface area contributed by atoms with Crippen LogP contribution in [0.3, 0.4) is 0 Å². The summed E-state index contributed by atoms with van der Waals surface area (Å²) in [6.07, 6.45) is 1.50. The molecule has 0 aromatic heterocycles. The number of hydrazone groups is 1. The molecule has 0 bridgehead atoms. The lowest BCUT2D eigenvalue weighted by Gasteiger charge is -2.17. The van der Waals surface area contributed by atoms with E-state index in [2.05, 4.69) is 10.5 Å². The summed E-state index contributed by atoms with van der Waals surface area (Å²) in [7, 11) is 0. The molecule has 0 aliphatic carbocycles. The van der Waals surface area contributed by atoms with Crippen molar-refractivity contribution in [1.29, 1.82) is 0 Å². The Labute approximate surface area is 157 Å². The number of benzene rings is 2. The minimum atomic E-state index is -0.481. The Balaban J connectivity index is 1.59. The lowest BCUT2D eigenvalue weighted by Crippen LogP contribution is -2.30. The maximum atomic E-state index is 12.3. The van der Waals surface area contributed by atoms with Crippen molar-refractivity contribution < 1.29 is 19.4 Å². The van der Waals surface area contributed by atoms with Crippen LogP contribution in [0.25, 0.3) is 0 Å². The van der Waals surface area contributed by atoms with E-state index < -0.39 is 5.92 Å². The highest BCUT2D eigenvalue weighted by molar-refractivity contribution is 6.00. The molecular weight excluding hydrogens is 346 g/mol. The van der Waals surface area contributed by atoms with E-state index in [4.69, 9.17) is 4.74 Å². The van der Waals surface area contributed by atoms with Crippen LogP contribution in [-0.4, -0.2) is 36.3 Å². The Morgan fingerprint density at radius 2 is 2.04 bits per heavy atom. The number of para-hydroxylation sites is 1. The van der Waals surface area contributed by atoms with Crippen LogP contribution in [0, 0.1) is 5.92 Å². The second-order valence-corrected chi connectivity index (χ2v) is 6.13. The normalized spacial score (nSPS) is 16.7. The molecule has 140 valence electrons. The minimum Gasteiger partial charge on any atom is -0.507 e. The molecule has 1 heterocycles. The predicted octanol–water partition coefficient (Wildman–Crippen LogP) is 2.29. The van der Waals surface area contributed by atoms with Gasteiger partial charge in [-0.05, 0) is 43.3 Å². The zero-order valence-electron chi connectivity index (χ0n) is 15.0. The van der Waals surface area contributed by atoms with E-state index >= 15 is 0 Å². The quantitative estimate of drug-likeness (QED) is 0.605. The van der Waals surface area contributed by atoms with Crippen LogP contribution in [0.5, 0.6) is 11.5 Å². The Morgan fingerprint density at radius 1 is 1.30 bits per heavy atom. The van der Waals surface area contributed by atoms with Gasteiger partial charge in [0.2, 0.25) is 11.8 Å². The summed E-state index contributed by atoms with van der Waals surface area (Å²) in [6.45, 7) is 2.78. The van der Waals surface area contributed by atoms with E-state index in [1.807, 2.05) is 6.92 Å². The number of phenolic OH excluding ortho intramolecular Hbond substituents is 1. The fraction of sp³-hybridized carbons (Fsp3) is 0.250. The lowest BCUT2D eigenvalue weighted by molar-refractivity contribution is -0.126. The maximum absolute atomic E-state index is 12.3. The van der Waals surface area contributed by atoms with Gasteiger partial charge >= 0.3 is 0 Å². The predicted molar refractivity (Wildman–Crippen MR) is 102 cm³/mol.